The highest BCUT2D eigenvalue weighted by molar-refractivity contribution is 7.88. The molecule has 1 saturated heterocycles. The van der Waals surface area contributed by atoms with Crippen LogP contribution in [0.1, 0.15) is 18.4 Å². The number of amides is 1. The number of carbonyl (C=O) groups excluding carboxylic acids is 1. The fraction of sp³-hybridized carbons (Fsp3) is 0.533. The maximum absolute atomic E-state index is 13.5. The fourth-order valence-corrected chi connectivity index (χ4v) is 3.45. The van der Waals surface area contributed by atoms with Crippen LogP contribution in [0.25, 0.3) is 0 Å². The highest BCUT2D eigenvalue weighted by Crippen LogP contribution is 2.11. The number of piperidine rings is 1. The molecule has 0 spiro atoms. The summed E-state index contributed by atoms with van der Waals surface area (Å²) >= 11 is 0. The quantitative estimate of drug-likeness (QED) is 0.786. The lowest BCUT2D eigenvalue weighted by Crippen LogP contribution is -2.47. The lowest BCUT2D eigenvalue weighted by molar-refractivity contribution is -0.122. The van der Waals surface area contributed by atoms with Crippen molar-refractivity contribution in [3.8, 4) is 0 Å². The van der Waals surface area contributed by atoms with Crippen LogP contribution in [-0.4, -0.2) is 51.2 Å². The van der Waals surface area contributed by atoms with E-state index < -0.39 is 10.0 Å². The molecule has 1 aliphatic heterocycles. The summed E-state index contributed by atoms with van der Waals surface area (Å²) < 4.78 is 38.4. The van der Waals surface area contributed by atoms with Crippen LogP contribution in [0.3, 0.4) is 0 Å². The Morgan fingerprint density at radius 1 is 1.30 bits per heavy atom. The number of hydrogen-bond donors (Lipinski definition) is 2. The van der Waals surface area contributed by atoms with Crippen molar-refractivity contribution < 1.29 is 17.6 Å². The van der Waals surface area contributed by atoms with Crippen LogP contribution in [-0.2, 0) is 21.4 Å². The topological polar surface area (TPSA) is 78.5 Å². The molecule has 8 heteroatoms. The van der Waals surface area contributed by atoms with Gasteiger partial charge in [0.2, 0.25) is 15.9 Å². The second-order valence-electron chi connectivity index (χ2n) is 5.81. The van der Waals surface area contributed by atoms with Gasteiger partial charge in [0, 0.05) is 31.2 Å². The second-order valence-corrected chi connectivity index (χ2v) is 7.59. The van der Waals surface area contributed by atoms with Crippen LogP contribution in [0.5, 0.6) is 0 Å². The van der Waals surface area contributed by atoms with E-state index in [0.717, 1.165) is 6.26 Å². The summed E-state index contributed by atoms with van der Waals surface area (Å²) in [5, 5.41) is 2.70. The average Bonchev–Trinajstić information content (AvgIpc) is 2.47. The Balaban J connectivity index is 1.72. The fourth-order valence-electron chi connectivity index (χ4n) is 2.61. The number of carbonyl (C=O) groups is 1. The molecule has 0 saturated carbocycles. The molecule has 2 N–H and O–H groups in total. The van der Waals surface area contributed by atoms with Gasteiger partial charge in [0.25, 0.3) is 0 Å². The van der Waals surface area contributed by atoms with Crippen LogP contribution < -0.4 is 10.0 Å². The maximum Gasteiger partial charge on any atom is 0.234 e. The van der Waals surface area contributed by atoms with E-state index in [9.17, 15) is 17.6 Å². The largest absolute Gasteiger partial charge is 0.351 e. The summed E-state index contributed by atoms with van der Waals surface area (Å²) in [7, 11) is -3.19. The van der Waals surface area contributed by atoms with Crippen molar-refractivity contribution in [2.45, 2.75) is 25.4 Å². The van der Waals surface area contributed by atoms with Gasteiger partial charge in [-0.05, 0) is 18.9 Å². The zero-order valence-corrected chi connectivity index (χ0v) is 13.9. The molecular weight excluding hydrogens is 321 g/mol. The molecule has 0 bridgehead atoms. The molecule has 23 heavy (non-hydrogen) atoms. The van der Waals surface area contributed by atoms with E-state index in [-0.39, 0.29) is 30.9 Å². The molecule has 128 valence electrons. The normalized spacial score (nSPS) is 17.1. The van der Waals surface area contributed by atoms with Crippen LogP contribution in [0.2, 0.25) is 0 Å². The molecule has 0 aromatic heterocycles. The number of sulfonamides is 1. The molecule has 1 amide bonds. The first kappa shape index (κ1) is 17.8. The maximum atomic E-state index is 13.5. The van der Waals surface area contributed by atoms with Gasteiger partial charge in [-0.15, -0.1) is 0 Å². The first-order valence-electron chi connectivity index (χ1n) is 7.53. The van der Waals surface area contributed by atoms with Gasteiger partial charge in [-0.25, -0.2) is 17.5 Å². The Kier molecular flexibility index (Phi) is 6.09. The van der Waals surface area contributed by atoms with Crippen LogP contribution >= 0.6 is 0 Å². The van der Waals surface area contributed by atoms with E-state index in [1.165, 1.54) is 6.07 Å². The molecule has 1 aromatic carbocycles. The molecule has 0 aliphatic carbocycles. The highest BCUT2D eigenvalue weighted by Gasteiger charge is 2.22. The zero-order chi connectivity index (χ0) is 16.9. The van der Waals surface area contributed by atoms with E-state index in [0.29, 0.717) is 31.5 Å². The first-order chi connectivity index (χ1) is 10.8. The Morgan fingerprint density at radius 3 is 2.57 bits per heavy atom. The Bertz CT molecular complexity index is 643. The van der Waals surface area contributed by atoms with Gasteiger partial charge < -0.3 is 5.32 Å². The molecule has 0 radical (unpaired) electrons. The second kappa shape index (κ2) is 7.85. The lowest BCUT2D eigenvalue weighted by atomic mass is 10.1. The standard InChI is InChI=1S/C15H22FN3O3S/c1-23(21,22)18-13-6-8-19(9-7-13)11-15(20)17-10-12-4-2-3-5-14(12)16/h2-5,13,18H,6-11H2,1H3,(H,17,20). The lowest BCUT2D eigenvalue weighted by Gasteiger charge is -2.31. The van der Waals surface area contributed by atoms with E-state index in [1.54, 1.807) is 18.2 Å². The summed E-state index contributed by atoms with van der Waals surface area (Å²) in [6, 6.07) is 6.26. The molecule has 1 aliphatic rings. The molecular formula is C15H22FN3O3S. The van der Waals surface area contributed by atoms with Gasteiger partial charge >= 0.3 is 0 Å². The molecule has 0 unspecified atom stereocenters. The molecule has 2 rings (SSSR count). The number of hydrogen-bond acceptors (Lipinski definition) is 4. The van der Waals surface area contributed by atoms with Crippen molar-refractivity contribution in [1.82, 2.24) is 14.9 Å². The minimum atomic E-state index is -3.19. The number of likely N-dealkylation sites (tertiary alicyclic amines) is 1. The average molecular weight is 343 g/mol. The predicted octanol–water partition coefficient (Wildman–Crippen LogP) is 0.456. The van der Waals surface area contributed by atoms with Crippen molar-refractivity contribution >= 4 is 15.9 Å². The van der Waals surface area contributed by atoms with E-state index >= 15 is 0 Å². The minimum absolute atomic E-state index is 0.0669. The number of benzene rings is 1. The zero-order valence-electron chi connectivity index (χ0n) is 13.1. The predicted molar refractivity (Wildman–Crippen MR) is 85.7 cm³/mol. The number of nitrogens with one attached hydrogen (secondary N) is 2. The molecule has 1 heterocycles. The smallest absolute Gasteiger partial charge is 0.234 e. The monoisotopic (exact) mass is 343 g/mol. The van der Waals surface area contributed by atoms with E-state index in [2.05, 4.69) is 10.0 Å². The first-order valence-corrected chi connectivity index (χ1v) is 9.42. The van der Waals surface area contributed by atoms with Gasteiger partial charge in [0.15, 0.2) is 0 Å². The SMILES string of the molecule is CS(=O)(=O)NC1CCN(CC(=O)NCc2ccccc2F)CC1. The number of nitrogens with zero attached hydrogens (tertiary/aromatic N) is 1. The van der Waals surface area contributed by atoms with Gasteiger partial charge in [-0.1, -0.05) is 18.2 Å². The third-order valence-corrected chi connectivity index (χ3v) is 4.53. The third kappa shape index (κ3) is 6.25. The van der Waals surface area contributed by atoms with Gasteiger partial charge in [0.1, 0.15) is 5.82 Å². The van der Waals surface area contributed by atoms with Crippen molar-refractivity contribution in [2.75, 3.05) is 25.9 Å². The Hall–Kier alpha value is -1.51. The Morgan fingerprint density at radius 2 is 1.96 bits per heavy atom. The van der Waals surface area contributed by atoms with Crippen LogP contribution in [0, 0.1) is 5.82 Å². The number of rotatable bonds is 6. The van der Waals surface area contributed by atoms with Crippen LogP contribution in [0.4, 0.5) is 4.39 Å². The minimum Gasteiger partial charge on any atom is -0.351 e. The van der Waals surface area contributed by atoms with Crippen LogP contribution in [0.15, 0.2) is 24.3 Å². The van der Waals surface area contributed by atoms with E-state index in [1.807, 2.05) is 4.90 Å². The molecule has 6 nitrogen and oxygen atoms in total. The summed E-state index contributed by atoms with van der Waals surface area (Å²) in [4.78, 5) is 13.9. The van der Waals surface area contributed by atoms with Crippen molar-refractivity contribution in [3.63, 3.8) is 0 Å². The molecule has 1 fully saturated rings. The van der Waals surface area contributed by atoms with Crippen molar-refractivity contribution in [3.05, 3.63) is 35.6 Å². The van der Waals surface area contributed by atoms with E-state index in [4.69, 9.17) is 0 Å². The molecule has 1 aromatic rings. The van der Waals surface area contributed by atoms with Gasteiger partial charge in [-0.2, -0.15) is 0 Å². The Labute approximate surface area is 136 Å². The summed E-state index contributed by atoms with van der Waals surface area (Å²) in [6.07, 6.45) is 2.50. The number of halogens is 1. The summed E-state index contributed by atoms with van der Waals surface area (Å²) in [6.45, 7) is 1.71. The summed E-state index contributed by atoms with van der Waals surface area (Å²) in [5.41, 5.74) is 0.455. The highest BCUT2D eigenvalue weighted by atomic mass is 32.2. The van der Waals surface area contributed by atoms with Gasteiger partial charge in [0.05, 0.1) is 12.8 Å². The third-order valence-electron chi connectivity index (χ3n) is 3.77. The van der Waals surface area contributed by atoms with Crippen molar-refractivity contribution in [2.24, 2.45) is 0 Å². The van der Waals surface area contributed by atoms with Gasteiger partial charge in [-0.3, -0.25) is 9.69 Å². The molecule has 0 atom stereocenters. The van der Waals surface area contributed by atoms with Crippen molar-refractivity contribution in [1.29, 1.82) is 0 Å². The summed E-state index contributed by atoms with van der Waals surface area (Å²) in [5.74, 6) is -0.497.